The van der Waals surface area contributed by atoms with E-state index in [2.05, 4.69) is 20.9 Å². The molecule has 2 heterocycles. The van der Waals surface area contributed by atoms with Gasteiger partial charge in [0.2, 0.25) is 5.91 Å². The molecule has 0 aliphatic carbocycles. The molecule has 0 radical (unpaired) electrons. The highest BCUT2D eigenvalue weighted by Crippen LogP contribution is 2.25. The number of aliphatic imine (C=N–C) groups is 1. The van der Waals surface area contributed by atoms with Crippen LogP contribution in [0.4, 0.5) is 0 Å². The van der Waals surface area contributed by atoms with Crippen LogP contribution in [0.5, 0.6) is 0 Å². The van der Waals surface area contributed by atoms with E-state index in [0.717, 1.165) is 44.3 Å². The maximum atomic E-state index is 11.7. The predicted molar refractivity (Wildman–Crippen MR) is 120 cm³/mol. The van der Waals surface area contributed by atoms with Crippen LogP contribution in [0.15, 0.2) is 27.8 Å². The van der Waals surface area contributed by atoms with Gasteiger partial charge in [0.1, 0.15) is 5.76 Å². The van der Waals surface area contributed by atoms with Crippen LogP contribution in [0.2, 0.25) is 0 Å². The summed E-state index contributed by atoms with van der Waals surface area (Å²) in [5.74, 6) is 1.78. The number of halogens is 1. The molecule has 1 fully saturated rings. The number of hydrogen-bond donors (Lipinski definition) is 3. The highest BCUT2D eigenvalue weighted by atomic mass is 127. The molecule has 3 N–H and O–H groups in total. The van der Waals surface area contributed by atoms with Crippen molar-refractivity contribution in [2.75, 3.05) is 39.3 Å². The van der Waals surface area contributed by atoms with E-state index in [0.29, 0.717) is 19.5 Å². The standard InChI is InChI=1S/C19H33N5O2.HI/c1-3-10-21-18(25)9-11-22-19(20-4-2)23-15-16(17-8-7-14-26-17)24-12-5-6-13-24;/h7-8,14,16H,3-6,9-13,15H2,1-2H3,(H,21,25)(H2,20,22,23);1H. The second-order valence-electron chi connectivity index (χ2n) is 6.52. The Morgan fingerprint density at radius 3 is 2.63 bits per heavy atom. The van der Waals surface area contributed by atoms with E-state index >= 15 is 0 Å². The molecule has 1 aliphatic heterocycles. The number of nitrogens with one attached hydrogen (secondary N) is 3. The van der Waals surface area contributed by atoms with Gasteiger partial charge in [-0.3, -0.25) is 14.7 Å². The van der Waals surface area contributed by atoms with Gasteiger partial charge in [-0.25, -0.2) is 0 Å². The summed E-state index contributed by atoms with van der Waals surface area (Å²) in [6.45, 7) is 8.96. The predicted octanol–water partition coefficient (Wildman–Crippen LogP) is 2.51. The van der Waals surface area contributed by atoms with Crippen molar-refractivity contribution >= 4 is 35.8 Å². The zero-order chi connectivity index (χ0) is 18.6. The first-order valence-electron chi connectivity index (χ1n) is 9.81. The molecule has 1 atom stereocenters. The average molecular weight is 491 g/mol. The average Bonchev–Trinajstić information content (AvgIpc) is 3.34. The van der Waals surface area contributed by atoms with Crippen molar-refractivity contribution in [3.05, 3.63) is 24.2 Å². The lowest BCUT2D eigenvalue weighted by Crippen LogP contribution is -2.40. The number of nitrogens with zero attached hydrogens (tertiary/aromatic N) is 2. The van der Waals surface area contributed by atoms with Gasteiger partial charge in [-0.15, -0.1) is 24.0 Å². The third-order valence-electron chi connectivity index (χ3n) is 4.44. The maximum Gasteiger partial charge on any atom is 0.221 e. The largest absolute Gasteiger partial charge is 0.468 e. The molecule has 8 heteroatoms. The lowest BCUT2D eigenvalue weighted by atomic mass is 10.2. The van der Waals surface area contributed by atoms with Crippen LogP contribution in [0.3, 0.4) is 0 Å². The molecule has 1 saturated heterocycles. The molecule has 0 aromatic carbocycles. The summed E-state index contributed by atoms with van der Waals surface area (Å²) in [4.78, 5) is 18.9. The topological polar surface area (TPSA) is 81.9 Å². The molecule has 1 aromatic rings. The molecule has 1 amide bonds. The summed E-state index contributed by atoms with van der Waals surface area (Å²) < 4.78 is 5.65. The van der Waals surface area contributed by atoms with Crippen molar-refractivity contribution in [3.63, 3.8) is 0 Å². The van der Waals surface area contributed by atoms with E-state index < -0.39 is 0 Å². The van der Waals surface area contributed by atoms with E-state index in [9.17, 15) is 4.79 Å². The van der Waals surface area contributed by atoms with Crippen molar-refractivity contribution < 1.29 is 9.21 Å². The molecule has 0 bridgehead atoms. The van der Waals surface area contributed by atoms with Gasteiger partial charge >= 0.3 is 0 Å². The fourth-order valence-corrected chi connectivity index (χ4v) is 3.09. The summed E-state index contributed by atoms with van der Waals surface area (Å²) in [5.41, 5.74) is 0. The van der Waals surface area contributed by atoms with Gasteiger partial charge in [-0.05, 0) is 51.4 Å². The lowest BCUT2D eigenvalue weighted by Gasteiger charge is -2.24. The Morgan fingerprint density at radius 2 is 2.00 bits per heavy atom. The van der Waals surface area contributed by atoms with Crippen molar-refractivity contribution in [2.45, 2.75) is 45.6 Å². The minimum Gasteiger partial charge on any atom is -0.468 e. The van der Waals surface area contributed by atoms with Crippen molar-refractivity contribution in [1.29, 1.82) is 0 Å². The summed E-state index contributed by atoms with van der Waals surface area (Å²) in [6, 6.07) is 4.12. The Kier molecular flexibility index (Phi) is 12.2. The molecule has 0 spiro atoms. The number of rotatable bonds is 10. The molecule has 0 saturated carbocycles. The van der Waals surface area contributed by atoms with E-state index in [-0.39, 0.29) is 35.9 Å². The lowest BCUT2D eigenvalue weighted by molar-refractivity contribution is -0.120. The van der Waals surface area contributed by atoms with Gasteiger partial charge in [-0.2, -0.15) is 0 Å². The van der Waals surface area contributed by atoms with Gasteiger partial charge in [0.05, 0.1) is 18.8 Å². The summed E-state index contributed by atoms with van der Waals surface area (Å²) in [5, 5.41) is 9.38. The second kappa shape index (κ2) is 13.8. The summed E-state index contributed by atoms with van der Waals surface area (Å²) >= 11 is 0. The molecular formula is C19H34IN5O2. The van der Waals surface area contributed by atoms with Gasteiger partial charge in [0.25, 0.3) is 0 Å². The van der Waals surface area contributed by atoms with E-state index in [1.165, 1.54) is 12.8 Å². The van der Waals surface area contributed by atoms with Crippen LogP contribution in [0.1, 0.15) is 51.3 Å². The minimum absolute atomic E-state index is 0. The number of carbonyl (C=O) groups excluding carboxylic acids is 1. The maximum absolute atomic E-state index is 11.7. The van der Waals surface area contributed by atoms with Crippen molar-refractivity contribution in [1.82, 2.24) is 20.9 Å². The molecule has 7 nitrogen and oxygen atoms in total. The quantitative estimate of drug-likeness (QED) is 0.266. The van der Waals surface area contributed by atoms with Gasteiger partial charge in [0, 0.05) is 26.1 Å². The SMILES string of the molecule is CCCNC(=O)CCNC(=NCC(c1ccco1)N1CCCC1)NCC.I. The third kappa shape index (κ3) is 8.50. The first kappa shape index (κ1) is 23.7. The van der Waals surface area contributed by atoms with E-state index in [4.69, 9.17) is 9.41 Å². The number of furan rings is 1. The van der Waals surface area contributed by atoms with E-state index in [1.807, 2.05) is 26.0 Å². The smallest absolute Gasteiger partial charge is 0.221 e. The highest BCUT2D eigenvalue weighted by Gasteiger charge is 2.25. The van der Waals surface area contributed by atoms with Crippen LogP contribution in [0.25, 0.3) is 0 Å². The molecule has 2 rings (SSSR count). The Bertz CT molecular complexity index is 544. The zero-order valence-corrected chi connectivity index (χ0v) is 18.8. The van der Waals surface area contributed by atoms with Gasteiger partial charge in [0.15, 0.2) is 5.96 Å². The normalized spacial score (nSPS) is 15.9. The first-order chi connectivity index (χ1) is 12.7. The molecule has 1 unspecified atom stereocenters. The van der Waals surface area contributed by atoms with Crippen LogP contribution < -0.4 is 16.0 Å². The van der Waals surface area contributed by atoms with Crippen LogP contribution >= 0.6 is 24.0 Å². The fourth-order valence-electron chi connectivity index (χ4n) is 3.09. The van der Waals surface area contributed by atoms with E-state index in [1.54, 1.807) is 6.26 Å². The van der Waals surface area contributed by atoms with Crippen LogP contribution in [0, 0.1) is 0 Å². The van der Waals surface area contributed by atoms with Crippen molar-refractivity contribution in [3.8, 4) is 0 Å². The number of amides is 1. The van der Waals surface area contributed by atoms with Crippen LogP contribution in [-0.4, -0.2) is 56.0 Å². The monoisotopic (exact) mass is 491 g/mol. The van der Waals surface area contributed by atoms with Gasteiger partial charge in [-0.1, -0.05) is 6.92 Å². The highest BCUT2D eigenvalue weighted by molar-refractivity contribution is 14.0. The molecule has 154 valence electrons. The zero-order valence-electron chi connectivity index (χ0n) is 16.5. The Labute approximate surface area is 179 Å². The first-order valence-corrected chi connectivity index (χ1v) is 9.81. The summed E-state index contributed by atoms with van der Waals surface area (Å²) in [6.07, 6.45) is 5.57. The molecular weight excluding hydrogens is 457 g/mol. The third-order valence-corrected chi connectivity index (χ3v) is 4.44. The molecule has 1 aromatic heterocycles. The molecule has 27 heavy (non-hydrogen) atoms. The Balaban J connectivity index is 0.00000364. The Hall–Kier alpha value is -1.29. The number of guanidine groups is 1. The fraction of sp³-hybridized carbons (Fsp3) is 0.684. The number of likely N-dealkylation sites (tertiary alicyclic amines) is 1. The number of hydrogen-bond acceptors (Lipinski definition) is 4. The minimum atomic E-state index is 0. The number of carbonyl (C=O) groups is 1. The molecule has 1 aliphatic rings. The van der Waals surface area contributed by atoms with Crippen LogP contribution in [-0.2, 0) is 4.79 Å². The second-order valence-corrected chi connectivity index (χ2v) is 6.52. The summed E-state index contributed by atoms with van der Waals surface area (Å²) in [7, 11) is 0. The Morgan fingerprint density at radius 1 is 1.22 bits per heavy atom. The van der Waals surface area contributed by atoms with Crippen molar-refractivity contribution in [2.24, 2.45) is 4.99 Å². The van der Waals surface area contributed by atoms with Gasteiger partial charge < -0.3 is 20.4 Å².